The monoisotopic (exact) mass is 205 g/mol. The Labute approximate surface area is 87.6 Å². The minimum atomic E-state index is -0.0711. The Hall–Kier alpha value is -1.97. The van der Waals surface area contributed by atoms with Crippen molar-refractivity contribution in [3.05, 3.63) is 48.1 Å². The standard InChI is InChI=1S/C11H11NO3/c1-8-5-6-12-10(13)4-2-3-9-11(8)15-7-14-9/h2-3,5-6H,1,4,7H2,(H,12,13)/b3-2-,6-5-. The SMILES string of the molecule is C=C1/C=C\NC(=O)C/C=C\C2=C1OCO2. The molecule has 4 nitrogen and oxygen atoms in total. The summed E-state index contributed by atoms with van der Waals surface area (Å²) in [6, 6.07) is 0. The first-order chi connectivity index (χ1) is 7.27. The lowest BCUT2D eigenvalue weighted by Gasteiger charge is -2.03. The minimum Gasteiger partial charge on any atom is -0.454 e. The lowest BCUT2D eigenvalue weighted by Crippen LogP contribution is -2.15. The molecule has 0 radical (unpaired) electrons. The third kappa shape index (κ3) is 2.10. The summed E-state index contributed by atoms with van der Waals surface area (Å²) in [5.41, 5.74) is 0.675. The second-order valence-corrected chi connectivity index (χ2v) is 3.13. The van der Waals surface area contributed by atoms with Crippen LogP contribution in [0.1, 0.15) is 6.42 Å². The summed E-state index contributed by atoms with van der Waals surface area (Å²) >= 11 is 0. The molecule has 78 valence electrons. The summed E-state index contributed by atoms with van der Waals surface area (Å²) < 4.78 is 10.5. The number of amides is 1. The Morgan fingerprint density at radius 1 is 1.33 bits per heavy atom. The number of hydrogen-bond donors (Lipinski definition) is 1. The van der Waals surface area contributed by atoms with E-state index in [1.165, 1.54) is 0 Å². The number of rotatable bonds is 0. The van der Waals surface area contributed by atoms with Crippen molar-refractivity contribution in [3.63, 3.8) is 0 Å². The molecule has 2 rings (SSSR count). The Bertz CT molecular complexity index is 391. The maximum atomic E-state index is 11.2. The molecule has 2 heterocycles. The Morgan fingerprint density at radius 2 is 2.20 bits per heavy atom. The largest absolute Gasteiger partial charge is 0.454 e. The van der Waals surface area contributed by atoms with Gasteiger partial charge < -0.3 is 14.8 Å². The van der Waals surface area contributed by atoms with E-state index in [9.17, 15) is 4.79 Å². The predicted molar refractivity (Wildman–Crippen MR) is 54.2 cm³/mol. The molecular weight excluding hydrogens is 194 g/mol. The van der Waals surface area contributed by atoms with E-state index >= 15 is 0 Å². The number of nitrogens with one attached hydrogen (secondary N) is 1. The normalized spacial score (nSPS) is 24.8. The van der Waals surface area contributed by atoms with E-state index < -0.39 is 0 Å². The molecule has 0 aliphatic carbocycles. The van der Waals surface area contributed by atoms with Gasteiger partial charge in [-0.05, 0) is 12.2 Å². The lowest BCUT2D eigenvalue weighted by molar-refractivity contribution is -0.119. The van der Waals surface area contributed by atoms with Crippen LogP contribution in [0.25, 0.3) is 0 Å². The fraction of sp³-hybridized carbons (Fsp3) is 0.182. The molecule has 0 aromatic heterocycles. The van der Waals surface area contributed by atoms with Crippen LogP contribution in [0.2, 0.25) is 0 Å². The molecule has 15 heavy (non-hydrogen) atoms. The number of allylic oxidation sites excluding steroid dienone is 2. The van der Waals surface area contributed by atoms with E-state index in [2.05, 4.69) is 11.9 Å². The van der Waals surface area contributed by atoms with E-state index in [4.69, 9.17) is 9.47 Å². The van der Waals surface area contributed by atoms with Gasteiger partial charge in [-0.15, -0.1) is 0 Å². The molecule has 4 heteroatoms. The van der Waals surface area contributed by atoms with Gasteiger partial charge in [-0.25, -0.2) is 0 Å². The average Bonchev–Trinajstić information content (AvgIpc) is 2.65. The Morgan fingerprint density at radius 3 is 3.07 bits per heavy atom. The molecule has 2 aliphatic heterocycles. The number of carbonyl (C=O) groups excluding carboxylic acids is 1. The fourth-order valence-electron chi connectivity index (χ4n) is 1.31. The zero-order chi connectivity index (χ0) is 10.7. The summed E-state index contributed by atoms with van der Waals surface area (Å²) in [7, 11) is 0. The van der Waals surface area contributed by atoms with Crippen molar-refractivity contribution < 1.29 is 14.3 Å². The van der Waals surface area contributed by atoms with E-state index in [0.29, 0.717) is 23.5 Å². The van der Waals surface area contributed by atoms with Crippen molar-refractivity contribution in [1.82, 2.24) is 5.32 Å². The molecule has 0 saturated carbocycles. The molecule has 0 bridgehead atoms. The summed E-state index contributed by atoms with van der Waals surface area (Å²) in [5, 5.41) is 2.61. The van der Waals surface area contributed by atoms with Gasteiger partial charge in [0.25, 0.3) is 0 Å². The van der Waals surface area contributed by atoms with Gasteiger partial charge in [0.2, 0.25) is 12.7 Å². The zero-order valence-electron chi connectivity index (χ0n) is 8.16. The van der Waals surface area contributed by atoms with E-state index in [0.717, 1.165) is 0 Å². The van der Waals surface area contributed by atoms with Crippen LogP contribution in [-0.4, -0.2) is 12.7 Å². The second-order valence-electron chi connectivity index (χ2n) is 3.13. The molecule has 2 aliphatic rings. The van der Waals surface area contributed by atoms with Gasteiger partial charge in [-0.1, -0.05) is 12.7 Å². The van der Waals surface area contributed by atoms with Crippen molar-refractivity contribution >= 4 is 5.91 Å². The van der Waals surface area contributed by atoms with Crippen LogP contribution >= 0.6 is 0 Å². The maximum absolute atomic E-state index is 11.2. The van der Waals surface area contributed by atoms with Crippen molar-refractivity contribution in [2.45, 2.75) is 6.42 Å². The highest BCUT2D eigenvalue weighted by atomic mass is 16.7. The van der Waals surface area contributed by atoms with Gasteiger partial charge in [-0.2, -0.15) is 0 Å². The first-order valence-electron chi connectivity index (χ1n) is 4.59. The third-order valence-corrected chi connectivity index (χ3v) is 2.03. The number of carbonyl (C=O) groups is 1. The Kier molecular flexibility index (Phi) is 2.58. The molecule has 1 amide bonds. The van der Waals surface area contributed by atoms with Crippen LogP contribution in [-0.2, 0) is 14.3 Å². The van der Waals surface area contributed by atoms with Crippen LogP contribution in [0.3, 0.4) is 0 Å². The highest BCUT2D eigenvalue weighted by Crippen LogP contribution is 2.24. The highest BCUT2D eigenvalue weighted by molar-refractivity contribution is 5.78. The molecule has 0 fully saturated rings. The van der Waals surface area contributed by atoms with Crippen LogP contribution in [0.4, 0.5) is 0 Å². The van der Waals surface area contributed by atoms with Crippen molar-refractivity contribution in [1.29, 1.82) is 0 Å². The zero-order valence-corrected chi connectivity index (χ0v) is 8.16. The quantitative estimate of drug-likeness (QED) is 0.649. The smallest absolute Gasteiger partial charge is 0.231 e. The first-order valence-corrected chi connectivity index (χ1v) is 4.59. The second kappa shape index (κ2) is 4.04. The van der Waals surface area contributed by atoms with Crippen LogP contribution in [0.15, 0.2) is 48.1 Å². The first kappa shape index (κ1) is 9.58. The minimum absolute atomic E-state index is 0.0711. The molecule has 0 unspecified atom stereocenters. The molecule has 0 aromatic rings. The van der Waals surface area contributed by atoms with Gasteiger partial charge >= 0.3 is 0 Å². The molecule has 0 saturated heterocycles. The van der Waals surface area contributed by atoms with Crippen molar-refractivity contribution in [3.8, 4) is 0 Å². The molecule has 0 aromatic carbocycles. The van der Waals surface area contributed by atoms with Gasteiger partial charge in [0.15, 0.2) is 11.5 Å². The van der Waals surface area contributed by atoms with E-state index in [1.54, 1.807) is 24.4 Å². The van der Waals surface area contributed by atoms with Crippen LogP contribution in [0, 0.1) is 0 Å². The van der Waals surface area contributed by atoms with Crippen molar-refractivity contribution in [2.75, 3.05) is 6.79 Å². The number of ether oxygens (including phenoxy) is 2. The Balaban J connectivity index is 2.31. The molecular formula is C11H11NO3. The van der Waals surface area contributed by atoms with Gasteiger partial charge in [0, 0.05) is 18.2 Å². The fourth-order valence-corrected chi connectivity index (χ4v) is 1.31. The van der Waals surface area contributed by atoms with Gasteiger partial charge in [0.1, 0.15) is 0 Å². The van der Waals surface area contributed by atoms with Crippen molar-refractivity contribution in [2.24, 2.45) is 0 Å². The van der Waals surface area contributed by atoms with Crippen LogP contribution in [0.5, 0.6) is 0 Å². The predicted octanol–water partition coefficient (Wildman–Crippen LogP) is 1.35. The molecule has 1 N–H and O–H groups in total. The summed E-state index contributed by atoms with van der Waals surface area (Å²) in [4.78, 5) is 11.2. The molecule has 0 spiro atoms. The highest BCUT2D eigenvalue weighted by Gasteiger charge is 2.17. The summed E-state index contributed by atoms with van der Waals surface area (Å²) in [6.45, 7) is 4.02. The maximum Gasteiger partial charge on any atom is 0.231 e. The van der Waals surface area contributed by atoms with Gasteiger partial charge in [0.05, 0.1) is 0 Å². The van der Waals surface area contributed by atoms with Crippen LogP contribution < -0.4 is 5.32 Å². The van der Waals surface area contributed by atoms with E-state index in [1.807, 2.05) is 0 Å². The summed E-state index contributed by atoms with van der Waals surface area (Å²) in [5.74, 6) is 1.18. The lowest BCUT2D eigenvalue weighted by atomic mass is 10.2. The summed E-state index contributed by atoms with van der Waals surface area (Å²) in [6.07, 6.45) is 7.01. The van der Waals surface area contributed by atoms with Gasteiger partial charge in [-0.3, -0.25) is 4.79 Å². The third-order valence-electron chi connectivity index (χ3n) is 2.03. The van der Waals surface area contributed by atoms with E-state index in [-0.39, 0.29) is 12.7 Å². The average molecular weight is 205 g/mol. The number of hydrogen-bond acceptors (Lipinski definition) is 3. The molecule has 0 atom stereocenters. The topological polar surface area (TPSA) is 47.6 Å².